The molecule has 7 nitrogen and oxygen atoms in total. The Labute approximate surface area is 399 Å². The second-order valence-corrected chi connectivity index (χ2v) is 21.7. The van der Waals surface area contributed by atoms with Crippen molar-refractivity contribution in [3.63, 3.8) is 0 Å². The maximum absolute atomic E-state index is 13.4. The molecule has 0 rings (SSSR count). The number of hydrogen-bond acceptors (Lipinski definition) is 7. The molecule has 2 atom stereocenters. The van der Waals surface area contributed by atoms with Gasteiger partial charge in [0, 0.05) is 6.42 Å². The Morgan fingerprint density at radius 3 is 1.09 bits per heavy atom. The first-order valence-corrected chi connectivity index (χ1v) is 27.9. The van der Waals surface area contributed by atoms with Crippen LogP contribution >= 0.6 is 0 Å². The fourth-order valence-electron chi connectivity index (χ4n) is 9.03. The largest absolute Gasteiger partial charge is 0.465 e. The quantitative estimate of drug-likeness (QED) is 0.0342. The summed E-state index contributed by atoms with van der Waals surface area (Å²) in [6.07, 6.45) is 40.6. The smallest absolute Gasteiger partial charge is 0.311 e. The highest BCUT2D eigenvalue weighted by Crippen LogP contribution is 2.30. The minimum absolute atomic E-state index is 0.0551. The van der Waals surface area contributed by atoms with Gasteiger partial charge in [0.1, 0.15) is 6.10 Å². The lowest BCUT2D eigenvalue weighted by Gasteiger charge is -2.25. The molecule has 0 bridgehead atoms. The molecule has 0 aliphatic heterocycles. The van der Waals surface area contributed by atoms with Crippen LogP contribution in [0.5, 0.6) is 0 Å². The number of rotatable bonds is 47. The van der Waals surface area contributed by atoms with E-state index in [2.05, 4.69) is 32.6 Å². The molecule has 0 heterocycles. The van der Waals surface area contributed by atoms with Crippen LogP contribution in [0.25, 0.3) is 0 Å². The molecule has 0 fully saturated rings. The summed E-state index contributed by atoms with van der Waals surface area (Å²) in [5.41, 5.74) is -1.01. The number of unbranched alkanes of at least 4 members (excludes halogenated alkanes) is 20. The third kappa shape index (κ3) is 36.5. The maximum Gasteiger partial charge on any atom is 0.311 e. The van der Waals surface area contributed by atoms with E-state index >= 15 is 0 Å². The van der Waals surface area contributed by atoms with Gasteiger partial charge in [0.25, 0.3) is 0 Å². The lowest BCUT2D eigenvalue weighted by molar-refractivity contribution is -0.156. The average Bonchev–Trinajstić information content (AvgIpc) is 3.25. The first-order chi connectivity index (χ1) is 30.7. The van der Waals surface area contributed by atoms with E-state index in [4.69, 9.17) is 14.2 Å². The van der Waals surface area contributed by atoms with Crippen LogP contribution in [-0.4, -0.2) is 62.8 Å². The predicted octanol–water partition coefficient (Wildman–Crippen LogP) is 17.0. The predicted molar refractivity (Wildman–Crippen MR) is 274 cm³/mol. The maximum atomic E-state index is 13.4. The number of esters is 3. The highest BCUT2D eigenvalue weighted by molar-refractivity contribution is 5.76. The van der Waals surface area contributed by atoms with E-state index in [1.165, 1.54) is 141 Å². The van der Waals surface area contributed by atoms with Crippen molar-refractivity contribution in [1.82, 2.24) is 4.90 Å². The molecule has 380 valence electrons. The van der Waals surface area contributed by atoms with E-state index in [0.29, 0.717) is 31.5 Å². The van der Waals surface area contributed by atoms with Gasteiger partial charge >= 0.3 is 17.9 Å². The second kappa shape index (κ2) is 41.5. The summed E-state index contributed by atoms with van der Waals surface area (Å²) in [6.45, 7) is 19.2. The first kappa shape index (κ1) is 62.4. The molecule has 0 spiro atoms. The SMILES string of the molecule is CCCCCCCCC(CCCCCC)COC(=O)C(C)(C)CCCCCC(CCCCCC(C)(C)C(=O)OCC(CCCCCC)CCCCCCCC)OC(=O)CCCN(C)C. The van der Waals surface area contributed by atoms with Crippen molar-refractivity contribution in [3.05, 3.63) is 0 Å². The zero-order valence-corrected chi connectivity index (χ0v) is 44.7. The van der Waals surface area contributed by atoms with Crippen LogP contribution in [0.1, 0.15) is 287 Å². The van der Waals surface area contributed by atoms with Crippen LogP contribution in [0, 0.1) is 22.7 Å². The molecular formula is C57H111NO6. The zero-order chi connectivity index (χ0) is 47.7. The van der Waals surface area contributed by atoms with Gasteiger partial charge in [-0.05, 0) is 131 Å². The molecule has 64 heavy (non-hydrogen) atoms. The number of carbonyl (C=O) groups excluding carboxylic acids is 3. The van der Waals surface area contributed by atoms with Gasteiger partial charge in [0.15, 0.2) is 0 Å². The van der Waals surface area contributed by atoms with E-state index < -0.39 is 10.8 Å². The molecule has 0 radical (unpaired) electrons. The van der Waals surface area contributed by atoms with Crippen LogP contribution in [0.2, 0.25) is 0 Å². The minimum Gasteiger partial charge on any atom is -0.465 e. The lowest BCUT2D eigenvalue weighted by Crippen LogP contribution is -2.28. The minimum atomic E-state index is -0.505. The molecule has 2 unspecified atom stereocenters. The van der Waals surface area contributed by atoms with Crippen LogP contribution in [-0.2, 0) is 28.6 Å². The molecule has 0 aromatic heterocycles. The fourth-order valence-corrected chi connectivity index (χ4v) is 9.03. The molecular weight excluding hydrogens is 795 g/mol. The van der Waals surface area contributed by atoms with Crippen molar-refractivity contribution in [2.24, 2.45) is 22.7 Å². The van der Waals surface area contributed by atoms with E-state index in [-0.39, 0.29) is 24.0 Å². The molecule has 0 N–H and O–H groups in total. The summed E-state index contributed by atoms with van der Waals surface area (Å²) in [4.78, 5) is 41.7. The number of nitrogens with zero attached hydrogens (tertiary/aromatic N) is 1. The molecule has 0 aromatic carbocycles. The van der Waals surface area contributed by atoms with E-state index in [1.807, 2.05) is 41.8 Å². The summed E-state index contributed by atoms with van der Waals surface area (Å²) >= 11 is 0. The third-order valence-corrected chi connectivity index (χ3v) is 13.8. The Morgan fingerprint density at radius 2 is 0.734 bits per heavy atom. The van der Waals surface area contributed by atoms with Gasteiger partial charge in [-0.2, -0.15) is 0 Å². The summed E-state index contributed by atoms with van der Waals surface area (Å²) in [6, 6.07) is 0. The van der Waals surface area contributed by atoms with Gasteiger partial charge < -0.3 is 19.1 Å². The van der Waals surface area contributed by atoms with Gasteiger partial charge in [0.2, 0.25) is 0 Å². The monoisotopic (exact) mass is 906 g/mol. The summed E-state index contributed by atoms with van der Waals surface area (Å²) < 4.78 is 18.2. The Kier molecular flexibility index (Phi) is 40.5. The fraction of sp³-hybridized carbons (Fsp3) is 0.947. The first-order valence-electron chi connectivity index (χ1n) is 27.9. The third-order valence-electron chi connectivity index (χ3n) is 13.8. The molecule has 0 amide bonds. The highest BCUT2D eigenvalue weighted by atomic mass is 16.5. The number of ether oxygens (including phenoxy) is 3. The molecule has 0 aromatic rings. The summed E-state index contributed by atoms with van der Waals surface area (Å²) in [5.74, 6) is 0.738. The lowest BCUT2D eigenvalue weighted by atomic mass is 9.86. The Balaban J connectivity index is 5.00. The molecule has 0 saturated heterocycles. The van der Waals surface area contributed by atoms with Crippen molar-refractivity contribution in [2.45, 2.75) is 293 Å². The Bertz CT molecular complexity index is 1020. The van der Waals surface area contributed by atoms with Gasteiger partial charge in [-0.25, -0.2) is 0 Å². The molecule has 7 heteroatoms. The van der Waals surface area contributed by atoms with Crippen LogP contribution < -0.4 is 0 Å². The van der Waals surface area contributed by atoms with Crippen LogP contribution in [0.15, 0.2) is 0 Å². The number of hydrogen-bond donors (Lipinski definition) is 0. The van der Waals surface area contributed by atoms with Crippen molar-refractivity contribution in [1.29, 1.82) is 0 Å². The Hall–Kier alpha value is -1.63. The van der Waals surface area contributed by atoms with Gasteiger partial charge in [0.05, 0.1) is 24.0 Å². The van der Waals surface area contributed by atoms with Crippen LogP contribution in [0.4, 0.5) is 0 Å². The zero-order valence-electron chi connectivity index (χ0n) is 44.7. The molecule has 0 saturated carbocycles. The second-order valence-electron chi connectivity index (χ2n) is 21.7. The Morgan fingerprint density at radius 1 is 0.422 bits per heavy atom. The van der Waals surface area contributed by atoms with Gasteiger partial charge in [-0.3, -0.25) is 14.4 Å². The van der Waals surface area contributed by atoms with Crippen molar-refractivity contribution in [3.8, 4) is 0 Å². The van der Waals surface area contributed by atoms with Gasteiger partial charge in [-0.15, -0.1) is 0 Å². The van der Waals surface area contributed by atoms with Crippen LogP contribution in [0.3, 0.4) is 0 Å². The summed E-state index contributed by atoms with van der Waals surface area (Å²) in [7, 11) is 4.06. The standard InChI is InChI=1S/C57H111NO6/c1-11-15-19-23-25-31-40-50(38-29-21-17-13-3)48-62-54(60)56(5,6)45-35-27-33-42-52(64-53(59)44-37-47-58(9)10)43-34-28-36-46-57(7,8)55(61)63-49-51(39-30-22-18-14-4)41-32-26-24-20-16-12-2/h50-52H,11-49H2,1-10H3. The molecule has 0 aliphatic rings. The highest BCUT2D eigenvalue weighted by Gasteiger charge is 2.31. The van der Waals surface area contributed by atoms with E-state index in [9.17, 15) is 14.4 Å². The van der Waals surface area contributed by atoms with E-state index in [1.54, 1.807) is 0 Å². The average molecular weight is 907 g/mol. The van der Waals surface area contributed by atoms with Gasteiger partial charge in [-0.1, -0.05) is 182 Å². The van der Waals surface area contributed by atoms with Crippen molar-refractivity contribution >= 4 is 17.9 Å². The summed E-state index contributed by atoms with van der Waals surface area (Å²) in [5, 5.41) is 0. The topological polar surface area (TPSA) is 82.1 Å². The van der Waals surface area contributed by atoms with Crippen molar-refractivity contribution < 1.29 is 28.6 Å². The van der Waals surface area contributed by atoms with Crippen molar-refractivity contribution in [2.75, 3.05) is 33.9 Å². The normalized spacial score (nSPS) is 13.5. The number of carbonyl (C=O) groups is 3. The van der Waals surface area contributed by atoms with E-state index in [0.717, 1.165) is 90.0 Å². The molecule has 0 aliphatic carbocycles.